The fraction of sp³-hybridized carbons (Fsp3) is 0.435. The highest BCUT2D eigenvalue weighted by molar-refractivity contribution is 7.92. The summed E-state index contributed by atoms with van der Waals surface area (Å²) in [4.78, 5) is 29.7. The molecule has 0 radical (unpaired) electrons. The molecule has 1 aliphatic carbocycles. The minimum absolute atomic E-state index is 0.137. The maximum Gasteiger partial charge on any atom is 0.274 e. The van der Waals surface area contributed by atoms with Crippen LogP contribution in [-0.4, -0.2) is 70.4 Å². The molecule has 0 spiro atoms. The third-order valence-electron chi connectivity index (χ3n) is 6.81. The quantitative estimate of drug-likeness (QED) is 0.634. The smallest absolute Gasteiger partial charge is 0.274 e. The van der Waals surface area contributed by atoms with Gasteiger partial charge in [-0.1, -0.05) is 18.1 Å². The summed E-state index contributed by atoms with van der Waals surface area (Å²) in [5.74, 6) is 2.16. The van der Waals surface area contributed by atoms with E-state index in [4.69, 9.17) is 6.42 Å². The number of benzene rings is 1. The van der Waals surface area contributed by atoms with Crippen LogP contribution in [0.1, 0.15) is 50.5 Å². The normalized spacial score (nSPS) is 19.4. The summed E-state index contributed by atoms with van der Waals surface area (Å²) in [6, 6.07) is 7.54. The molecule has 0 saturated heterocycles. The van der Waals surface area contributed by atoms with Gasteiger partial charge in [-0.05, 0) is 37.0 Å². The Bertz CT molecular complexity index is 1270. The molecule has 0 bridgehead atoms. The van der Waals surface area contributed by atoms with Crippen molar-refractivity contribution in [3.8, 4) is 12.3 Å². The zero-order valence-electron chi connectivity index (χ0n) is 17.9. The number of carbonyl (C=O) groups is 2. The molecule has 0 atom stereocenters. The second-order valence-corrected chi connectivity index (χ2v) is 11.3. The predicted octanol–water partition coefficient (Wildman–Crippen LogP) is 1.10. The first-order valence-corrected chi connectivity index (χ1v) is 12.5. The number of carbonyl (C=O) groups excluding carboxylic acids is 2. The number of fused-ring (bicyclic) bond motifs is 3. The summed E-state index contributed by atoms with van der Waals surface area (Å²) in [5.41, 5.74) is 3.20. The van der Waals surface area contributed by atoms with Gasteiger partial charge < -0.3 is 9.80 Å². The van der Waals surface area contributed by atoms with E-state index in [2.05, 4.69) is 11.0 Å². The fourth-order valence-electron chi connectivity index (χ4n) is 4.64. The van der Waals surface area contributed by atoms with E-state index in [1.807, 2.05) is 24.3 Å². The summed E-state index contributed by atoms with van der Waals surface area (Å²) in [7, 11) is -3.24. The van der Waals surface area contributed by atoms with Gasteiger partial charge in [0.2, 0.25) is 0 Å². The van der Waals surface area contributed by atoms with E-state index in [1.165, 1.54) is 6.26 Å². The molecule has 2 amide bonds. The van der Waals surface area contributed by atoms with Gasteiger partial charge in [-0.25, -0.2) is 8.42 Å². The summed E-state index contributed by atoms with van der Waals surface area (Å²) in [6.45, 7) is 2.05. The Morgan fingerprint density at radius 3 is 2.41 bits per heavy atom. The number of hydrogen-bond acceptors (Lipinski definition) is 5. The SMILES string of the molecule is C#Cc1ccc(CN2CCn3nc4c(c3C2=O)CCN(CC2(S(C)(=O)=O)CC2)C4=O)cc1. The van der Waals surface area contributed by atoms with Gasteiger partial charge in [0.05, 0.1) is 11.3 Å². The van der Waals surface area contributed by atoms with E-state index < -0.39 is 14.6 Å². The molecule has 3 heterocycles. The Morgan fingerprint density at radius 2 is 1.78 bits per heavy atom. The van der Waals surface area contributed by atoms with Gasteiger partial charge in [0.15, 0.2) is 15.5 Å². The molecule has 9 heteroatoms. The zero-order valence-corrected chi connectivity index (χ0v) is 18.7. The lowest BCUT2D eigenvalue weighted by molar-refractivity contribution is 0.0682. The van der Waals surface area contributed by atoms with E-state index in [9.17, 15) is 18.0 Å². The molecule has 32 heavy (non-hydrogen) atoms. The highest BCUT2D eigenvalue weighted by atomic mass is 32.2. The minimum atomic E-state index is -3.24. The van der Waals surface area contributed by atoms with Crippen molar-refractivity contribution in [3.05, 3.63) is 52.3 Å². The number of terminal acetylenes is 1. The Hall–Kier alpha value is -3.12. The van der Waals surface area contributed by atoms with E-state index in [1.54, 1.807) is 14.5 Å². The van der Waals surface area contributed by atoms with Crippen LogP contribution in [0.3, 0.4) is 0 Å². The van der Waals surface area contributed by atoms with E-state index in [0.29, 0.717) is 56.7 Å². The van der Waals surface area contributed by atoms with Gasteiger partial charge in [0.25, 0.3) is 11.8 Å². The van der Waals surface area contributed by atoms with Crippen molar-refractivity contribution in [3.63, 3.8) is 0 Å². The predicted molar refractivity (Wildman–Crippen MR) is 118 cm³/mol. The van der Waals surface area contributed by atoms with Crippen molar-refractivity contribution >= 4 is 21.7 Å². The molecule has 5 rings (SSSR count). The molecule has 1 fully saturated rings. The first-order chi connectivity index (χ1) is 15.2. The molecule has 1 aromatic heterocycles. The van der Waals surface area contributed by atoms with Crippen LogP contribution < -0.4 is 0 Å². The zero-order chi connectivity index (χ0) is 22.7. The lowest BCUT2D eigenvalue weighted by atomic mass is 10.0. The molecule has 2 aromatic rings. The molecule has 0 N–H and O–H groups in total. The third-order valence-corrected chi connectivity index (χ3v) is 8.92. The van der Waals surface area contributed by atoms with Gasteiger partial charge in [0.1, 0.15) is 5.69 Å². The Morgan fingerprint density at radius 1 is 1.06 bits per heavy atom. The van der Waals surface area contributed by atoms with Gasteiger partial charge in [-0.2, -0.15) is 5.10 Å². The largest absolute Gasteiger partial charge is 0.335 e. The van der Waals surface area contributed by atoms with Crippen LogP contribution in [0.15, 0.2) is 24.3 Å². The number of amides is 2. The first-order valence-electron chi connectivity index (χ1n) is 10.7. The average Bonchev–Trinajstić information content (AvgIpc) is 3.46. The second kappa shape index (κ2) is 7.20. The van der Waals surface area contributed by atoms with Crippen molar-refractivity contribution in [2.75, 3.05) is 25.9 Å². The lowest BCUT2D eigenvalue weighted by Gasteiger charge is -2.30. The fourth-order valence-corrected chi connectivity index (χ4v) is 5.87. The molecular formula is C23H24N4O4S. The maximum absolute atomic E-state index is 13.3. The summed E-state index contributed by atoms with van der Waals surface area (Å²) >= 11 is 0. The topological polar surface area (TPSA) is 92.6 Å². The van der Waals surface area contributed by atoms with Crippen LogP contribution in [0.4, 0.5) is 0 Å². The van der Waals surface area contributed by atoms with Crippen molar-refractivity contribution in [2.45, 2.75) is 37.1 Å². The molecule has 8 nitrogen and oxygen atoms in total. The van der Waals surface area contributed by atoms with Crippen LogP contribution in [0.25, 0.3) is 0 Å². The highest BCUT2D eigenvalue weighted by Gasteiger charge is 2.54. The number of nitrogens with zero attached hydrogens (tertiary/aromatic N) is 4. The van der Waals surface area contributed by atoms with E-state index in [0.717, 1.165) is 11.1 Å². The minimum Gasteiger partial charge on any atom is -0.335 e. The van der Waals surface area contributed by atoms with Crippen LogP contribution in [0.2, 0.25) is 0 Å². The van der Waals surface area contributed by atoms with Crippen LogP contribution in [0.5, 0.6) is 0 Å². The van der Waals surface area contributed by atoms with Gasteiger partial charge in [-0.15, -0.1) is 6.42 Å². The summed E-state index contributed by atoms with van der Waals surface area (Å²) in [6.07, 6.45) is 8.30. The maximum atomic E-state index is 13.3. The molecule has 1 saturated carbocycles. The average molecular weight is 453 g/mol. The monoisotopic (exact) mass is 452 g/mol. The standard InChI is InChI=1S/C23H24N4O4S/c1-3-16-4-6-17(7-5-16)14-25-12-13-27-20(22(25)29)18-8-11-26(21(28)19(18)24-27)15-23(9-10-23)32(2,30)31/h1,4-7H,8-15H2,2H3. The Balaban J connectivity index is 1.37. The molecule has 3 aliphatic rings. The lowest BCUT2D eigenvalue weighted by Crippen LogP contribution is -2.45. The van der Waals surface area contributed by atoms with Crippen molar-refractivity contribution in [1.29, 1.82) is 0 Å². The number of aromatic nitrogens is 2. The Labute approximate surface area is 187 Å². The van der Waals surface area contributed by atoms with Gasteiger partial charge >= 0.3 is 0 Å². The number of rotatable bonds is 5. The van der Waals surface area contributed by atoms with E-state index in [-0.39, 0.29) is 24.1 Å². The Kier molecular flexibility index (Phi) is 4.67. The van der Waals surface area contributed by atoms with Gasteiger partial charge in [-0.3, -0.25) is 14.3 Å². The molecular weight excluding hydrogens is 428 g/mol. The molecule has 0 unspecified atom stereocenters. The summed E-state index contributed by atoms with van der Waals surface area (Å²) < 4.78 is 25.1. The van der Waals surface area contributed by atoms with Crippen LogP contribution >= 0.6 is 0 Å². The van der Waals surface area contributed by atoms with Crippen molar-refractivity contribution in [2.24, 2.45) is 0 Å². The molecule has 1 aromatic carbocycles. The summed E-state index contributed by atoms with van der Waals surface area (Å²) in [5, 5.41) is 4.46. The number of sulfone groups is 1. The second-order valence-electron chi connectivity index (χ2n) is 8.90. The first kappa shape index (κ1) is 20.8. The molecule has 2 aliphatic heterocycles. The van der Waals surface area contributed by atoms with E-state index >= 15 is 0 Å². The number of hydrogen-bond donors (Lipinski definition) is 0. The van der Waals surface area contributed by atoms with Crippen molar-refractivity contribution in [1.82, 2.24) is 19.6 Å². The highest BCUT2D eigenvalue weighted by Crippen LogP contribution is 2.44. The van der Waals surface area contributed by atoms with Crippen molar-refractivity contribution < 1.29 is 18.0 Å². The van der Waals surface area contributed by atoms with Crippen LogP contribution in [-0.2, 0) is 29.3 Å². The van der Waals surface area contributed by atoms with Crippen LogP contribution in [0, 0.1) is 12.3 Å². The molecule has 166 valence electrons. The van der Waals surface area contributed by atoms with Gasteiger partial charge in [0, 0.05) is 43.6 Å². The third kappa shape index (κ3) is 3.30.